The molecular formula is C18H26N2O. The van der Waals surface area contributed by atoms with Crippen molar-refractivity contribution in [2.45, 2.75) is 57.4 Å². The predicted octanol–water partition coefficient (Wildman–Crippen LogP) is 3.38. The van der Waals surface area contributed by atoms with E-state index in [9.17, 15) is 4.79 Å². The van der Waals surface area contributed by atoms with E-state index in [1.54, 1.807) is 0 Å². The van der Waals surface area contributed by atoms with Crippen molar-refractivity contribution in [2.24, 2.45) is 5.92 Å². The van der Waals surface area contributed by atoms with Crippen LogP contribution >= 0.6 is 0 Å². The van der Waals surface area contributed by atoms with Crippen LogP contribution in [0.1, 0.15) is 50.5 Å². The summed E-state index contributed by atoms with van der Waals surface area (Å²) in [6, 6.07) is 8.42. The highest BCUT2D eigenvalue weighted by atomic mass is 16.2. The SMILES string of the molecule is Nc1ccc(CCC(=O)N2CCC[C@H]3CCCC[C@H]32)cc1. The van der Waals surface area contributed by atoms with Crippen LogP contribution in [0.25, 0.3) is 0 Å². The second-order valence-electron chi connectivity index (χ2n) is 6.58. The van der Waals surface area contributed by atoms with Gasteiger partial charge in [-0.15, -0.1) is 0 Å². The summed E-state index contributed by atoms with van der Waals surface area (Å²) in [5.41, 5.74) is 7.68. The highest BCUT2D eigenvalue weighted by molar-refractivity contribution is 5.77. The molecule has 1 aliphatic heterocycles. The number of hydrogen-bond acceptors (Lipinski definition) is 2. The molecule has 0 bridgehead atoms. The maximum absolute atomic E-state index is 12.6. The summed E-state index contributed by atoms with van der Waals surface area (Å²) in [6.45, 7) is 0.974. The zero-order valence-corrected chi connectivity index (χ0v) is 12.8. The fraction of sp³-hybridized carbons (Fsp3) is 0.611. The molecule has 1 heterocycles. The lowest BCUT2D eigenvalue weighted by molar-refractivity contribution is -0.137. The third-order valence-corrected chi connectivity index (χ3v) is 5.17. The minimum absolute atomic E-state index is 0.350. The summed E-state index contributed by atoms with van der Waals surface area (Å²) in [5, 5.41) is 0. The molecular weight excluding hydrogens is 260 g/mol. The molecule has 3 rings (SSSR count). The fourth-order valence-electron chi connectivity index (χ4n) is 4.01. The quantitative estimate of drug-likeness (QED) is 0.866. The molecule has 1 amide bonds. The van der Waals surface area contributed by atoms with Gasteiger partial charge >= 0.3 is 0 Å². The van der Waals surface area contributed by atoms with Gasteiger partial charge in [0.1, 0.15) is 0 Å². The third kappa shape index (κ3) is 3.39. The van der Waals surface area contributed by atoms with Crippen molar-refractivity contribution in [1.82, 2.24) is 4.90 Å². The Balaban J connectivity index is 1.57. The Kier molecular flexibility index (Phi) is 4.47. The monoisotopic (exact) mass is 286 g/mol. The maximum Gasteiger partial charge on any atom is 0.223 e. The van der Waals surface area contributed by atoms with Crippen molar-refractivity contribution >= 4 is 11.6 Å². The molecule has 0 spiro atoms. The molecule has 21 heavy (non-hydrogen) atoms. The molecule has 0 radical (unpaired) electrons. The lowest BCUT2D eigenvalue weighted by Crippen LogP contribution is -2.49. The van der Waals surface area contributed by atoms with E-state index in [2.05, 4.69) is 4.90 Å². The second kappa shape index (κ2) is 6.50. The smallest absolute Gasteiger partial charge is 0.223 e. The molecule has 1 aliphatic carbocycles. The summed E-state index contributed by atoms with van der Waals surface area (Å²) in [4.78, 5) is 14.8. The van der Waals surface area contributed by atoms with Crippen molar-refractivity contribution in [1.29, 1.82) is 0 Å². The number of benzene rings is 1. The van der Waals surface area contributed by atoms with Gasteiger partial charge in [0.05, 0.1) is 0 Å². The van der Waals surface area contributed by atoms with Gasteiger partial charge < -0.3 is 10.6 Å². The number of likely N-dealkylation sites (tertiary alicyclic amines) is 1. The van der Waals surface area contributed by atoms with Crippen LogP contribution in [-0.4, -0.2) is 23.4 Å². The van der Waals surface area contributed by atoms with Crippen LogP contribution in [0.2, 0.25) is 0 Å². The molecule has 1 saturated heterocycles. The number of nitrogens with zero attached hydrogens (tertiary/aromatic N) is 1. The van der Waals surface area contributed by atoms with Gasteiger partial charge in [-0.2, -0.15) is 0 Å². The van der Waals surface area contributed by atoms with E-state index in [1.165, 1.54) is 44.1 Å². The number of fused-ring (bicyclic) bond motifs is 1. The maximum atomic E-state index is 12.6. The highest BCUT2D eigenvalue weighted by Crippen LogP contribution is 2.35. The number of piperidine rings is 1. The van der Waals surface area contributed by atoms with E-state index in [-0.39, 0.29) is 0 Å². The zero-order chi connectivity index (χ0) is 14.7. The van der Waals surface area contributed by atoms with Crippen LogP contribution in [-0.2, 0) is 11.2 Å². The molecule has 114 valence electrons. The largest absolute Gasteiger partial charge is 0.399 e. The molecule has 0 unspecified atom stereocenters. The van der Waals surface area contributed by atoms with Gasteiger partial charge in [-0.05, 0) is 55.7 Å². The first-order valence-electron chi connectivity index (χ1n) is 8.38. The molecule has 1 aromatic carbocycles. The lowest BCUT2D eigenvalue weighted by Gasteiger charge is -2.44. The fourth-order valence-corrected chi connectivity index (χ4v) is 4.01. The van der Waals surface area contributed by atoms with Crippen LogP contribution in [0, 0.1) is 5.92 Å². The van der Waals surface area contributed by atoms with Gasteiger partial charge in [-0.3, -0.25) is 4.79 Å². The van der Waals surface area contributed by atoms with Crippen LogP contribution in [0.15, 0.2) is 24.3 Å². The highest BCUT2D eigenvalue weighted by Gasteiger charge is 2.35. The Labute approximate surface area is 127 Å². The van der Waals surface area contributed by atoms with E-state index in [4.69, 9.17) is 5.73 Å². The average Bonchev–Trinajstić information content (AvgIpc) is 2.53. The van der Waals surface area contributed by atoms with Gasteiger partial charge in [0, 0.05) is 24.7 Å². The summed E-state index contributed by atoms with van der Waals surface area (Å²) < 4.78 is 0. The summed E-state index contributed by atoms with van der Waals surface area (Å²) in [6.07, 6.45) is 9.17. The normalized spacial score (nSPS) is 25.4. The van der Waals surface area contributed by atoms with Gasteiger partial charge in [-0.1, -0.05) is 25.0 Å². The number of hydrogen-bond donors (Lipinski definition) is 1. The second-order valence-corrected chi connectivity index (χ2v) is 6.58. The number of nitrogens with two attached hydrogens (primary N) is 1. The first-order valence-corrected chi connectivity index (χ1v) is 8.38. The van der Waals surface area contributed by atoms with Gasteiger partial charge in [0.15, 0.2) is 0 Å². The lowest BCUT2D eigenvalue weighted by atomic mass is 9.78. The minimum Gasteiger partial charge on any atom is -0.399 e. The van der Waals surface area contributed by atoms with Gasteiger partial charge in [0.2, 0.25) is 5.91 Å². The first-order chi connectivity index (χ1) is 10.2. The molecule has 3 nitrogen and oxygen atoms in total. The molecule has 1 saturated carbocycles. The van der Waals surface area contributed by atoms with E-state index < -0.39 is 0 Å². The topological polar surface area (TPSA) is 46.3 Å². The Morgan fingerprint density at radius 1 is 1.10 bits per heavy atom. The molecule has 1 aromatic rings. The van der Waals surface area contributed by atoms with Crippen LogP contribution in [0.4, 0.5) is 5.69 Å². The summed E-state index contributed by atoms with van der Waals surface area (Å²) in [7, 11) is 0. The third-order valence-electron chi connectivity index (χ3n) is 5.17. The van der Waals surface area contributed by atoms with Crippen molar-refractivity contribution in [3.8, 4) is 0 Å². The Bertz CT molecular complexity index is 480. The molecule has 2 fully saturated rings. The number of nitrogen functional groups attached to an aromatic ring is 1. The molecule has 0 aromatic heterocycles. The number of carbonyl (C=O) groups is 1. The van der Waals surface area contributed by atoms with Crippen molar-refractivity contribution in [3.63, 3.8) is 0 Å². The Morgan fingerprint density at radius 2 is 1.81 bits per heavy atom. The van der Waals surface area contributed by atoms with Crippen molar-refractivity contribution in [2.75, 3.05) is 12.3 Å². The number of aryl methyl sites for hydroxylation is 1. The van der Waals surface area contributed by atoms with Crippen molar-refractivity contribution < 1.29 is 4.79 Å². The van der Waals surface area contributed by atoms with E-state index in [1.807, 2.05) is 24.3 Å². The zero-order valence-electron chi connectivity index (χ0n) is 12.8. The minimum atomic E-state index is 0.350. The predicted molar refractivity (Wildman–Crippen MR) is 85.9 cm³/mol. The van der Waals surface area contributed by atoms with E-state index in [0.29, 0.717) is 18.4 Å². The standard InChI is InChI=1S/C18H26N2O/c19-16-10-7-14(8-11-16)9-12-18(21)20-13-3-5-15-4-1-2-6-17(15)20/h7-8,10-11,15,17H,1-6,9,12-13,19H2/t15-,17-/m1/s1. The average molecular weight is 286 g/mol. The van der Waals surface area contributed by atoms with E-state index in [0.717, 1.165) is 24.6 Å². The molecule has 2 atom stereocenters. The first kappa shape index (κ1) is 14.4. The summed E-state index contributed by atoms with van der Waals surface area (Å²) in [5.74, 6) is 1.12. The van der Waals surface area contributed by atoms with Crippen LogP contribution < -0.4 is 5.73 Å². The van der Waals surface area contributed by atoms with E-state index >= 15 is 0 Å². The summed E-state index contributed by atoms with van der Waals surface area (Å²) >= 11 is 0. The molecule has 3 heteroatoms. The van der Waals surface area contributed by atoms with Gasteiger partial charge in [-0.25, -0.2) is 0 Å². The van der Waals surface area contributed by atoms with Crippen LogP contribution in [0.5, 0.6) is 0 Å². The molecule has 2 N–H and O–H groups in total. The number of carbonyl (C=O) groups excluding carboxylic acids is 1. The number of amides is 1. The number of anilines is 1. The van der Waals surface area contributed by atoms with Crippen LogP contribution in [0.3, 0.4) is 0 Å². The van der Waals surface area contributed by atoms with Crippen molar-refractivity contribution in [3.05, 3.63) is 29.8 Å². The molecule has 2 aliphatic rings. The van der Waals surface area contributed by atoms with Gasteiger partial charge in [0.25, 0.3) is 0 Å². The number of rotatable bonds is 3. The Morgan fingerprint density at radius 3 is 2.62 bits per heavy atom. The Hall–Kier alpha value is -1.51.